The lowest BCUT2D eigenvalue weighted by atomic mass is 10.1. The van der Waals surface area contributed by atoms with Crippen molar-refractivity contribution in [2.45, 2.75) is 13.5 Å². The third-order valence-corrected chi connectivity index (χ3v) is 3.18. The summed E-state index contributed by atoms with van der Waals surface area (Å²) in [5.74, 6) is -0.104. The minimum Gasteiger partial charge on any atom is -0.346 e. The number of nitrogens with one attached hydrogen (secondary N) is 1. The third-order valence-electron chi connectivity index (χ3n) is 2.53. The highest BCUT2D eigenvalue weighted by Gasteiger charge is 2.09. The van der Waals surface area contributed by atoms with E-state index in [9.17, 15) is 4.79 Å². The maximum Gasteiger partial charge on any atom is 0.252 e. The van der Waals surface area contributed by atoms with Crippen LogP contribution in [0.4, 0.5) is 0 Å². The van der Waals surface area contributed by atoms with E-state index in [1.807, 2.05) is 43.3 Å². The predicted molar refractivity (Wildman–Crippen MR) is 74.3 cm³/mol. The van der Waals surface area contributed by atoms with Gasteiger partial charge in [0.2, 0.25) is 0 Å². The number of nitrogens with zero attached hydrogens (tertiary/aromatic N) is 1. The number of aryl methyl sites for hydroxylation is 1. The van der Waals surface area contributed by atoms with Crippen LogP contribution in [0.5, 0.6) is 0 Å². The second kappa shape index (κ2) is 5.78. The fourth-order valence-electron chi connectivity index (χ4n) is 1.57. The Morgan fingerprint density at radius 1 is 1.33 bits per heavy atom. The zero-order chi connectivity index (χ0) is 13.0. The number of pyridine rings is 1. The zero-order valence-corrected chi connectivity index (χ0v) is 11.6. The summed E-state index contributed by atoms with van der Waals surface area (Å²) in [5, 5.41) is 2.84. The number of carbonyl (C=O) groups is 1. The van der Waals surface area contributed by atoms with Crippen molar-refractivity contribution >= 4 is 21.8 Å². The molecule has 0 unspecified atom stereocenters. The molecule has 0 spiro atoms. The average Bonchev–Trinajstić information content (AvgIpc) is 2.37. The Labute approximate surface area is 114 Å². The van der Waals surface area contributed by atoms with Crippen LogP contribution in [0.25, 0.3) is 0 Å². The second-order valence-electron chi connectivity index (χ2n) is 3.99. The smallest absolute Gasteiger partial charge is 0.252 e. The van der Waals surface area contributed by atoms with Crippen LogP contribution in [-0.2, 0) is 6.54 Å². The van der Waals surface area contributed by atoms with Crippen molar-refractivity contribution in [3.8, 4) is 0 Å². The zero-order valence-electron chi connectivity index (χ0n) is 9.98. The normalized spacial score (nSPS) is 10.1. The van der Waals surface area contributed by atoms with Gasteiger partial charge in [-0.3, -0.25) is 9.78 Å². The number of rotatable bonds is 3. The van der Waals surface area contributed by atoms with Gasteiger partial charge < -0.3 is 5.32 Å². The fourth-order valence-corrected chi connectivity index (χ4v) is 2.25. The molecule has 1 heterocycles. The van der Waals surface area contributed by atoms with E-state index in [2.05, 4.69) is 26.2 Å². The highest BCUT2D eigenvalue weighted by Crippen LogP contribution is 2.18. The number of hydrogen-bond acceptors (Lipinski definition) is 2. The highest BCUT2D eigenvalue weighted by atomic mass is 79.9. The molecule has 0 aliphatic carbocycles. The molecule has 1 aromatic heterocycles. The average molecular weight is 305 g/mol. The van der Waals surface area contributed by atoms with Crippen molar-refractivity contribution in [3.63, 3.8) is 0 Å². The topological polar surface area (TPSA) is 42.0 Å². The maximum atomic E-state index is 12.0. The van der Waals surface area contributed by atoms with E-state index < -0.39 is 0 Å². The van der Waals surface area contributed by atoms with Crippen LogP contribution < -0.4 is 5.32 Å². The number of amides is 1. The molecular formula is C14H13BrN2O. The number of aromatic nitrogens is 1. The molecule has 0 bridgehead atoms. The van der Waals surface area contributed by atoms with Crippen LogP contribution in [-0.4, -0.2) is 10.9 Å². The molecule has 18 heavy (non-hydrogen) atoms. The summed E-state index contributed by atoms with van der Waals surface area (Å²) in [6.45, 7) is 2.42. The first-order valence-corrected chi connectivity index (χ1v) is 6.40. The maximum absolute atomic E-state index is 12.0. The van der Waals surface area contributed by atoms with Crippen LogP contribution in [0, 0.1) is 6.92 Å². The number of benzene rings is 1. The summed E-state index contributed by atoms with van der Waals surface area (Å²) in [7, 11) is 0. The molecule has 2 aromatic rings. The van der Waals surface area contributed by atoms with Gasteiger partial charge in [0.25, 0.3) is 5.91 Å². The van der Waals surface area contributed by atoms with E-state index in [-0.39, 0.29) is 5.91 Å². The van der Waals surface area contributed by atoms with Crippen molar-refractivity contribution < 1.29 is 4.79 Å². The van der Waals surface area contributed by atoms with Crippen molar-refractivity contribution in [2.24, 2.45) is 0 Å². The Hall–Kier alpha value is -1.68. The van der Waals surface area contributed by atoms with Gasteiger partial charge in [-0.2, -0.15) is 0 Å². The van der Waals surface area contributed by atoms with Gasteiger partial charge >= 0.3 is 0 Å². The van der Waals surface area contributed by atoms with Gasteiger partial charge in [-0.25, -0.2) is 0 Å². The van der Waals surface area contributed by atoms with Crippen LogP contribution in [0.2, 0.25) is 0 Å². The van der Waals surface area contributed by atoms with Crippen LogP contribution in [0.1, 0.15) is 21.6 Å². The van der Waals surface area contributed by atoms with Crippen molar-refractivity contribution in [1.29, 1.82) is 0 Å². The Kier molecular flexibility index (Phi) is 4.10. The third kappa shape index (κ3) is 3.17. The summed E-state index contributed by atoms with van der Waals surface area (Å²) in [6, 6.07) is 11.3. The van der Waals surface area contributed by atoms with E-state index in [4.69, 9.17) is 0 Å². The van der Waals surface area contributed by atoms with E-state index in [1.165, 1.54) is 0 Å². The van der Waals surface area contributed by atoms with Crippen LogP contribution in [0.15, 0.2) is 47.1 Å². The lowest BCUT2D eigenvalue weighted by molar-refractivity contribution is 0.0949. The Morgan fingerprint density at radius 3 is 2.83 bits per heavy atom. The van der Waals surface area contributed by atoms with Crippen molar-refractivity contribution in [1.82, 2.24) is 10.3 Å². The SMILES string of the molecule is Cc1ccc(C(=O)NCc2ccccn2)c(Br)c1. The predicted octanol–water partition coefficient (Wildman–Crippen LogP) is 3.08. The van der Waals surface area contributed by atoms with Gasteiger partial charge in [0, 0.05) is 10.7 Å². The first kappa shape index (κ1) is 12.8. The summed E-state index contributed by atoms with van der Waals surface area (Å²) >= 11 is 3.40. The molecule has 1 aromatic carbocycles. The molecule has 3 nitrogen and oxygen atoms in total. The summed E-state index contributed by atoms with van der Waals surface area (Å²) in [6.07, 6.45) is 1.71. The molecule has 2 rings (SSSR count). The molecular weight excluding hydrogens is 292 g/mol. The highest BCUT2D eigenvalue weighted by molar-refractivity contribution is 9.10. The second-order valence-corrected chi connectivity index (χ2v) is 4.84. The number of hydrogen-bond donors (Lipinski definition) is 1. The van der Waals surface area contributed by atoms with Gasteiger partial charge in [-0.1, -0.05) is 12.1 Å². The lowest BCUT2D eigenvalue weighted by Crippen LogP contribution is -2.23. The number of halogens is 1. The summed E-state index contributed by atoms with van der Waals surface area (Å²) in [4.78, 5) is 16.1. The molecule has 1 amide bonds. The summed E-state index contributed by atoms with van der Waals surface area (Å²) in [5.41, 5.74) is 2.59. The summed E-state index contributed by atoms with van der Waals surface area (Å²) < 4.78 is 0.807. The minimum atomic E-state index is -0.104. The molecule has 0 aliphatic heterocycles. The molecule has 0 saturated carbocycles. The Balaban J connectivity index is 2.04. The van der Waals surface area contributed by atoms with Gasteiger partial charge in [0.1, 0.15) is 0 Å². The van der Waals surface area contributed by atoms with E-state index in [0.717, 1.165) is 15.7 Å². The first-order valence-electron chi connectivity index (χ1n) is 5.61. The van der Waals surface area contributed by atoms with E-state index in [1.54, 1.807) is 6.20 Å². The van der Waals surface area contributed by atoms with Gasteiger partial charge in [0.15, 0.2) is 0 Å². The molecule has 4 heteroatoms. The first-order chi connectivity index (χ1) is 8.66. The monoisotopic (exact) mass is 304 g/mol. The minimum absolute atomic E-state index is 0.104. The van der Waals surface area contributed by atoms with Gasteiger partial charge in [0.05, 0.1) is 17.8 Å². The van der Waals surface area contributed by atoms with Crippen molar-refractivity contribution in [3.05, 3.63) is 63.9 Å². The number of carbonyl (C=O) groups excluding carboxylic acids is 1. The largest absolute Gasteiger partial charge is 0.346 e. The van der Waals surface area contributed by atoms with Crippen LogP contribution >= 0.6 is 15.9 Å². The van der Waals surface area contributed by atoms with E-state index in [0.29, 0.717) is 12.1 Å². The lowest BCUT2D eigenvalue weighted by Gasteiger charge is -2.07. The Morgan fingerprint density at radius 2 is 2.17 bits per heavy atom. The van der Waals surface area contributed by atoms with Gasteiger partial charge in [-0.15, -0.1) is 0 Å². The molecule has 0 saturated heterocycles. The van der Waals surface area contributed by atoms with Crippen LogP contribution in [0.3, 0.4) is 0 Å². The Bertz CT molecular complexity index is 555. The standard InChI is InChI=1S/C14H13BrN2O/c1-10-5-6-12(13(15)8-10)14(18)17-9-11-4-2-3-7-16-11/h2-8H,9H2,1H3,(H,17,18). The van der Waals surface area contributed by atoms with Crippen molar-refractivity contribution in [2.75, 3.05) is 0 Å². The van der Waals surface area contributed by atoms with E-state index >= 15 is 0 Å². The quantitative estimate of drug-likeness (QED) is 0.947. The fraction of sp³-hybridized carbons (Fsp3) is 0.143. The molecule has 0 fully saturated rings. The molecule has 0 aliphatic rings. The molecule has 1 N–H and O–H groups in total. The molecule has 0 radical (unpaired) electrons. The molecule has 92 valence electrons. The molecule has 0 atom stereocenters. The van der Waals surface area contributed by atoms with Gasteiger partial charge in [-0.05, 0) is 52.7 Å².